The molecule has 0 radical (unpaired) electrons. The summed E-state index contributed by atoms with van der Waals surface area (Å²) in [5, 5.41) is 10.8. The molecule has 3 rings (SSSR count). The molecule has 3 amide bonds. The zero-order chi connectivity index (χ0) is 18.7. The number of pyridine rings is 1. The van der Waals surface area contributed by atoms with Crippen molar-refractivity contribution in [3.63, 3.8) is 0 Å². The average molecular weight is 358 g/mol. The van der Waals surface area contributed by atoms with Crippen molar-refractivity contribution in [2.45, 2.75) is 38.8 Å². The van der Waals surface area contributed by atoms with Gasteiger partial charge in [-0.15, -0.1) is 5.10 Å². The van der Waals surface area contributed by atoms with E-state index < -0.39 is 6.04 Å². The van der Waals surface area contributed by atoms with Crippen LogP contribution < -0.4 is 10.1 Å². The topological polar surface area (TPSA) is 102 Å². The Labute approximate surface area is 151 Å². The lowest BCUT2D eigenvalue weighted by molar-refractivity contribution is -0.127. The van der Waals surface area contributed by atoms with Crippen molar-refractivity contribution in [1.82, 2.24) is 30.2 Å². The largest absolute Gasteiger partial charge is 0.481 e. The van der Waals surface area contributed by atoms with E-state index in [0.717, 1.165) is 5.56 Å². The van der Waals surface area contributed by atoms with Crippen molar-refractivity contribution >= 4 is 11.9 Å². The fourth-order valence-electron chi connectivity index (χ4n) is 2.72. The molecule has 26 heavy (non-hydrogen) atoms. The van der Waals surface area contributed by atoms with Crippen molar-refractivity contribution in [3.05, 3.63) is 35.8 Å². The predicted molar refractivity (Wildman–Crippen MR) is 92.6 cm³/mol. The van der Waals surface area contributed by atoms with Crippen LogP contribution in [-0.4, -0.2) is 56.5 Å². The molecule has 1 fully saturated rings. The maximum Gasteiger partial charge on any atom is 0.324 e. The van der Waals surface area contributed by atoms with Crippen LogP contribution in [0.3, 0.4) is 0 Å². The van der Waals surface area contributed by atoms with Gasteiger partial charge in [-0.3, -0.25) is 9.69 Å². The van der Waals surface area contributed by atoms with Gasteiger partial charge in [-0.25, -0.2) is 14.5 Å². The highest BCUT2D eigenvalue weighted by Gasteiger charge is 2.38. The molecule has 0 aromatic carbocycles. The molecule has 0 bridgehead atoms. The van der Waals surface area contributed by atoms with Crippen LogP contribution in [0.4, 0.5) is 4.79 Å². The Hall–Kier alpha value is -2.97. The Kier molecular flexibility index (Phi) is 5.15. The second kappa shape index (κ2) is 7.51. The van der Waals surface area contributed by atoms with E-state index >= 15 is 0 Å². The highest BCUT2D eigenvalue weighted by molar-refractivity contribution is 6.04. The molecule has 2 aromatic heterocycles. The molecule has 1 saturated heterocycles. The molecule has 9 heteroatoms. The van der Waals surface area contributed by atoms with Gasteiger partial charge in [-0.05, 0) is 25.8 Å². The summed E-state index contributed by atoms with van der Waals surface area (Å²) in [6.45, 7) is 4.29. The SMILES string of the molecule is COc1ccc(CCN2C(=O)NC(Cc3cn(C(C)C)nn3)C2=O)cn1. The third kappa shape index (κ3) is 3.81. The van der Waals surface area contributed by atoms with Crippen LogP contribution in [0.5, 0.6) is 5.88 Å². The number of urea groups is 1. The highest BCUT2D eigenvalue weighted by Crippen LogP contribution is 2.14. The monoisotopic (exact) mass is 358 g/mol. The minimum atomic E-state index is -0.603. The normalized spacial score (nSPS) is 17.1. The van der Waals surface area contributed by atoms with Crippen molar-refractivity contribution < 1.29 is 14.3 Å². The molecule has 9 nitrogen and oxygen atoms in total. The number of nitrogens with zero attached hydrogens (tertiary/aromatic N) is 5. The van der Waals surface area contributed by atoms with Crippen molar-refractivity contribution in [1.29, 1.82) is 0 Å². The van der Waals surface area contributed by atoms with Gasteiger partial charge in [0.15, 0.2) is 0 Å². The average Bonchev–Trinajstić information content (AvgIpc) is 3.20. The fourth-order valence-corrected chi connectivity index (χ4v) is 2.72. The number of nitrogens with one attached hydrogen (secondary N) is 1. The van der Waals surface area contributed by atoms with Gasteiger partial charge >= 0.3 is 6.03 Å². The first-order valence-corrected chi connectivity index (χ1v) is 8.49. The molecule has 0 spiro atoms. The first kappa shape index (κ1) is 17.8. The van der Waals surface area contributed by atoms with E-state index in [0.29, 0.717) is 31.0 Å². The van der Waals surface area contributed by atoms with Gasteiger partial charge in [0.05, 0.1) is 12.8 Å². The van der Waals surface area contributed by atoms with Crippen molar-refractivity contribution in [2.75, 3.05) is 13.7 Å². The van der Waals surface area contributed by atoms with E-state index in [1.54, 1.807) is 30.3 Å². The highest BCUT2D eigenvalue weighted by atomic mass is 16.5. The molecule has 1 aliphatic heterocycles. The van der Waals surface area contributed by atoms with Crippen molar-refractivity contribution in [2.24, 2.45) is 0 Å². The quantitative estimate of drug-likeness (QED) is 0.740. The number of methoxy groups -OCH3 is 1. The zero-order valence-electron chi connectivity index (χ0n) is 15.0. The van der Waals surface area contributed by atoms with E-state index in [4.69, 9.17) is 4.74 Å². The maximum atomic E-state index is 12.5. The van der Waals surface area contributed by atoms with Crippen LogP contribution in [0.2, 0.25) is 0 Å². The van der Waals surface area contributed by atoms with Crippen LogP contribution in [0.25, 0.3) is 0 Å². The van der Waals surface area contributed by atoms with Gasteiger partial charge in [0.25, 0.3) is 5.91 Å². The number of rotatable bonds is 7. The van der Waals surface area contributed by atoms with Gasteiger partial charge in [-0.2, -0.15) is 0 Å². The van der Waals surface area contributed by atoms with Crippen LogP contribution >= 0.6 is 0 Å². The number of hydrogen-bond donors (Lipinski definition) is 1. The Morgan fingerprint density at radius 1 is 1.31 bits per heavy atom. The minimum absolute atomic E-state index is 0.194. The lowest BCUT2D eigenvalue weighted by Gasteiger charge is -2.12. The third-order valence-corrected chi connectivity index (χ3v) is 4.24. The lowest BCUT2D eigenvalue weighted by Crippen LogP contribution is -2.34. The standard InChI is InChI=1S/C17H22N6O3/c1-11(2)23-10-13(20-21-23)8-14-16(24)22(17(25)19-14)7-6-12-4-5-15(26-3)18-9-12/h4-5,9-11,14H,6-8H2,1-3H3,(H,19,25). The summed E-state index contributed by atoms with van der Waals surface area (Å²) < 4.78 is 6.74. The molecule has 0 saturated carbocycles. The Morgan fingerprint density at radius 2 is 2.12 bits per heavy atom. The number of aromatic nitrogens is 4. The van der Waals surface area contributed by atoms with Crippen LogP contribution in [0.15, 0.2) is 24.5 Å². The number of carbonyl (C=O) groups excluding carboxylic acids is 2. The molecule has 138 valence electrons. The van der Waals surface area contributed by atoms with Crippen LogP contribution in [-0.2, 0) is 17.6 Å². The molecule has 2 aromatic rings. The van der Waals surface area contributed by atoms with E-state index in [2.05, 4.69) is 20.6 Å². The first-order chi connectivity index (χ1) is 12.5. The smallest absolute Gasteiger partial charge is 0.324 e. The summed E-state index contributed by atoms with van der Waals surface area (Å²) >= 11 is 0. The van der Waals surface area contributed by atoms with Crippen molar-refractivity contribution in [3.8, 4) is 5.88 Å². The summed E-state index contributed by atoms with van der Waals surface area (Å²) in [4.78, 5) is 30.0. The Morgan fingerprint density at radius 3 is 2.73 bits per heavy atom. The number of ether oxygens (including phenoxy) is 1. The number of imide groups is 1. The lowest BCUT2D eigenvalue weighted by atomic mass is 10.1. The maximum absolute atomic E-state index is 12.5. The van der Waals surface area contributed by atoms with Gasteiger partial charge in [0.1, 0.15) is 6.04 Å². The number of hydrogen-bond acceptors (Lipinski definition) is 6. The summed E-state index contributed by atoms with van der Waals surface area (Å²) in [5.74, 6) is 0.286. The van der Waals surface area contributed by atoms with E-state index in [-0.39, 0.29) is 18.0 Å². The number of amides is 3. The first-order valence-electron chi connectivity index (χ1n) is 8.49. The summed E-state index contributed by atoms with van der Waals surface area (Å²) in [5.41, 5.74) is 1.60. The van der Waals surface area contributed by atoms with Gasteiger partial charge < -0.3 is 10.1 Å². The second-order valence-electron chi connectivity index (χ2n) is 6.44. The molecular weight excluding hydrogens is 336 g/mol. The Balaban J connectivity index is 1.58. The molecular formula is C17H22N6O3. The predicted octanol–water partition coefficient (Wildman–Crippen LogP) is 0.968. The van der Waals surface area contributed by atoms with Gasteiger partial charge in [-0.1, -0.05) is 11.3 Å². The third-order valence-electron chi connectivity index (χ3n) is 4.24. The fraction of sp³-hybridized carbons (Fsp3) is 0.471. The molecule has 1 atom stereocenters. The van der Waals surface area contributed by atoms with E-state index in [1.807, 2.05) is 19.9 Å². The summed E-state index contributed by atoms with van der Waals surface area (Å²) in [6.07, 6.45) is 4.35. The zero-order valence-corrected chi connectivity index (χ0v) is 15.0. The van der Waals surface area contributed by atoms with Gasteiger partial charge in [0, 0.05) is 37.5 Å². The molecule has 3 heterocycles. The molecule has 1 unspecified atom stereocenters. The summed E-state index contributed by atoms with van der Waals surface area (Å²) in [6, 6.07) is 2.83. The van der Waals surface area contributed by atoms with Crippen LogP contribution in [0.1, 0.15) is 31.1 Å². The van der Waals surface area contributed by atoms with Gasteiger partial charge in [0.2, 0.25) is 5.88 Å². The van der Waals surface area contributed by atoms with E-state index in [9.17, 15) is 9.59 Å². The Bertz CT molecular complexity index is 786. The minimum Gasteiger partial charge on any atom is -0.481 e. The summed E-state index contributed by atoms with van der Waals surface area (Å²) in [7, 11) is 1.55. The molecule has 1 aliphatic rings. The number of carbonyl (C=O) groups is 2. The molecule has 1 N–H and O–H groups in total. The second-order valence-corrected chi connectivity index (χ2v) is 6.44. The molecule has 0 aliphatic carbocycles. The van der Waals surface area contributed by atoms with E-state index in [1.165, 1.54) is 4.90 Å². The van der Waals surface area contributed by atoms with Crippen LogP contribution in [0, 0.1) is 0 Å².